The first kappa shape index (κ1) is 12.6. The predicted octanol–water partition coefficient (Wildman–Crippen LogP) is 2.15. The second-order valence-corrected chi connectivity index (χ2v) is 3.98. The Morgan fingerprint density at radius 2 is 2.33 bits per heavy atom. The summed E-state index contributed by atoms with van der Waals surface area (Å²) in [5, 5.41) is 13.6. The molecule has 0 radical (unpaired) electrons. The first-order valence-electron chi connectivity index (χ1n) is 5.74. The molecule has 4 nitrogen and oxygen atoms in total. The third-order valence-electron chi connectivity index (χ3n) is 2.56. The second-order valence-electron chi connectivity index (χ2n) is 3.98. The summed E-state index contributed by atoms with van der Waals surface area (Å²) in [6.45, 7) is 2.56. The fourth-order valence-corrected chi connectivity index (χ4v) is 1.66. The number of rotatable bonds is 5. The van der Waals surface area contributed by atoms with Crippen LogP contribution in [0.4, 0.5) is 4.39 Å². The molecule has 2 rings (SSSR count). The lowest BCUT2D eigenvalue weighted by atomic mass is 10.1. The number of aliphatic hydroxyl groups is 1. The Balaban J connectivity index is 2.01. The van der Waals surface area contributed by atoms with Gasteiger partial charge < -0.3 is 9.84 Å². The predicted molar refractivity (Wildman–Crippen MR) is 64.8 cm³/mol. The lowest BCUT2D eigenvalue weighted by Crippen LogP contribution is -2.10. The van der Waals surface area contributed by atoms with E-state index in [1.807, 2.05) is 12.3 Å². The van der Waals surface area contributed by atoms with E-state index in [2.05, 4.69) is 5.10 Å². The van der Waals surface area contributed by atoms with Crippen LogP contribution in [0.3, 0.4) is 0 Å². The summed E-state index contributed by atoms with van der Waals surface area (Å²) < 4.78 is 20.3. The zero-order valence-corrected chi connectivity index (χ0v) is 10.1. The molecule has 0 aliphatic carbocycles. The van der Waals surface area contributed by atoms with E-state index < -0.39 is 6.10 Å². The molecular weight excluding hydrogens is 235 g/mol. The molecule has 0 fully saturated rings. The van der Waals surface area contributed by atoms with Crippen LogP contribution in [0, 0.1) is 5.82 Å². The number of nitrogens with zero attached hydrogens (tertiary/aromatic N) is 2. The standard InChI is InChI=1S/C13H15FN2O2/c1-10(17)12-4-3-11(14)9-13(12)18-8-7-16-6-2-5-15-16/h2-6,9-10,17H,7-8H2,1H3/t10-/m1/s1. The van der Waals surface area contributed by atoms with Gasteiger partial charge in [-0.15, -0.1) is 0 Å². The molecule has 5 heteroatoms. The van der Waals surface area contributed by atoms with Crippen molar-refractivity contribution < 1.29 is 14.2 Å². The van der Waals surface area contributed by atoms with Crippen molar-refractivity contribution in [3.63, 3.8) is 0 Å². The highest BCUT2D eigenvalue weighted by Crippen LogP contribution is 2.25. The van der Waals surface area contributed by atoms with Gasteiger partial charge in [-0.25, -0.2) is 4.39 Å². The molecule has 2 aromatic rings. The first-order valence-corrected chi connectivity index (χ1v) is 5.74. The summed E-state index contributed by atoms with van der Waals surface area (Å²) in [5.74, 6) is -0.00866. The van der Waals surface area contributed by atoms with Gasteiger partial charge in [-0.2, -0.15) is 5.10 Å². The minimum Gasteiger partial charge on any atom is -0.491 e. The van der Waals surface area contributed by atoms with Gasteiger partial charge in [-0.1, -0.05) is 0 Å². The highest BCUT2D eigenvalue weighted by Gasteiger charge is 2.10. The molecule has 0 aliphatic rings. The molecule has 0 saturated heterocycles. The van der Waals surface area contributed by atoms with Gasteiger partial charge in [0.05, 0.1) is 12.6 Å². The maximum absolute atomic E-state index is 13.1. The largest absolute Gasteiger partial charge is 0.491 e. The molecule has 0 bridgehead atoms. The van der Waals surface area contributed by atoms with E-state index in [4.69, 9.17) is 4.74 Å². The summed E-state index contributed by atoms with van der Waals surface area (Å²) >= 11 is 0. The number of benzene rings is 1. The fourth-order valence-electron chi connectivity index (χ4n) is 1.66. The molecule has 1 atom stereocenters. The van der Waals surface area contributed by atoms with Crippen LogP contribution in [0.15, 0.2) is 36.7 Å². The highest BCUT2D eigenvalue weighted by atomic mass is 19.1. The number of hydrogen-bond donors (Lipinski definition) is 1. The zero-order valence-electron chi connectivity index (χ0n) is 10.1. The van der Waals surface area contributed by atoms with Gasteiger partial charge >= 0.3 is 0 Å². The van der Waals surface area contributed by atoms with Gasteiger partial charge in [0.15, 0.2) is 0 Å². The van der Waals surface area contributed by atoms with Crippen LogP contribution in [0.5, 0.6) is 5.75 Å². The molecule has 1 heterocycles. The Morgan fingerprint density at radius 3 is 3.00 bits per heavy atom. The summed E-state index contributed by atoms with van der Waals surface area (Å²) in [4.78, 5) is 0. The monoisotopic (exact) mass is 250 g/mol. The van der Waals surface area contributed by atoms with Gasteiger partial charge in [0.2, 0.25) is 0 Å². The maximum atomic E-state index is 13.1. The quantitative estimate of drug-likeness (QED) is 0.884. The van der Waals surface area contributed by atoms with Gasteiger partial charge in [0.1, 0.15) is 18.2 Å². The van der Waals surface area contributed by atoms with Crippen LogP contribution in [-0.4, -0.2) is 21.5 Å². The highest BCUT2D eigenvalue weighted by molar-refractivity contribution is 5.35. The van der Waals surface area contributed by atoms with E-state index in [1.165, 1.54) is 18.2 Å². The summed E-state index contributed by atoms with van der Waals surface area (Å²) in [6, 6.07) is 5.94. The summed E-state index contributed by atoms with van der Waals surface area (Å²) in [6.07, 6.45) is 2.82. The third-order valence-corrected chi connectivity index (χ3v) is 2.56. The van der Waals surface area contributed by atoms with Crippen molar-refractivity contribution >= 4 is 0 Å². The minimum absolute atomic E-state index is 0.366. The van der Waals surface area contributed by atoms with Crippen molar-refractivity contribution in [2.45, 2.75) is 19.6 Å². The van der Waals surface area contributed by atoms with E-state index in [-0.39, 0.29) is 5.82 Å². The average Bonchev–Trinajstić information content (AvgIpc) is 2.82. The van der Waals surface area contributed by atoms with E-state index in [0.29, 0.717) is 24.5 Å². The Kier molecular flexibility index (Phi) is 3.94. The van der Waals surface area contributed by atoms with Gasteiger partial charge in [-0.05, 0) is 25.1 Å². The SMILES string of the molecule is C[C@@H](O)c1ccc(F)cc1OCCn1cccn1. The summed E-state index contributed by atoms with van der Waals surface area (Å²) in [5.41, 5.74) is 0.580. The number of halogens is 1. The molecule has 1 aromatic heterocycles. The molecule has 0 spiro atoms. The molecule has 0 aliphatic heterocycles. The lowest BCUT2D eigenvalue weighted by Gasteiger charge is -2.13. The summed E-state index contributed by atoms with van der Waals surface area (Å²) in [7, 11) is 0. The van der Waals surface area contributed by atoms with Crippen molar-refractivity contribution in [3.8, 4) is 5.75 Å². The number of aliphatic hydroxyl groups excluding tert-OH is 1. The second kappa shape index (κ2) is 5.64. The number of aromatic nitrogens is 2. The molecule has 18 heavy (non-hydrogen) atoms. The molecule has 96 valence electrons. The van der Waals surface area contributed by atoms with Crippen molar-refractivity contribution in [3.05, 3.63) is 48.0 Å². The Hall–Kier alpha value is -1.88. The minimum atomic E-state index is -0.690. The fraction of sp³-hybridized carbons (Fsp3) is 0.308. The van der Waals surface area contributed by atoms with Crippen LogP contribution < -0.4 is 4.74 Å². The molecule has 1 aromatic carbocycles. The van der Waals surface area contributed by atoms with Gasteiger partial charge in [-0.3, -0.25) is 4.68 Å². The van der Waals surface area contributed by atoms with E-state index in [1.54, 1.807) is 17.8 Å². The van der Waals surface area contributed by atoms with Crippen molar-refractivity contribution in [1.82, 2.24) is 9.78 Å². The zero-order chi connectivity index (χ0) is 13.0. The lowest BCUT2D eigenvalue weighted by molar-refractivity contribution is 0.189. The molecular formula is C13H15FN2O2. The molecule has 1 N–H and O–H groups in total. The topological polar surface area (TPSA) is 47.3 Å². The van der Waals surface area contributed by atoms with Gasteiger partial charge in [0.25, 0.3) is 0 Å². The van der Waals surface area contributed by atoms with Crippen LogP contribution in [0.1, 0.15) is 18.6 Å². The molecule has 0 unspecified atom stereocenters. The van der Waals surface area contributed by atoms with Crippen LogP contribution in [0.25, 0.3) is 0 Å². The first-order chi connectivity index (χ1) is 8.66. The van der Waals surface area contributed by atoms with Crippen LogP contribution in [-0.2, 0) is 6.54 Å². The van der Waals surface area contributed by atoms with Gasteiger partial charge in [0, 0.05) is 24.0 Å². The smallest absolute Gasteiger partial charge is 0.128 e. The van der Waals surface area contributed by atoms with Crippen molar-refractivity contribution in [1.29, 1.82) is 0 Å². The Morgan fingerprint density at radius 1 is 1.50 bits per heavy atom. The number of hydrogen-bond acceptors (Lipinski definition) is 3. The van der Waals surface area contributed by atoms with Crippen molar-refractivity contribution in [2.75, 3.05) is 6.61 Å². The number of ether oxygens (including phenoxy) is 1. The van der Waals surface area contributed by atoms with Crippen LogP contribution >= 0.6 is 0 Å². The average molecular weight is 250 g/mol. The maximum Gasteiger partial charge on any atom is 0.128 e. The Bertz CT molecular complexity index is 498. The molecule has 0 amide bonds. The normalized spacial score (nSPS) is 12.4. The van der Waals surface area contributed by atoms with E-state index >= 15 is 0 Å². The Labute approximate surface area is 105 Å². The van der Waals surface area contributed by atoms with Crippen LogP contribution in [0.2, 0.25) is 0 Å². The van der Waals surface area contributed by atoms with Crippen molar-refractivity contribution in [2.24, 2.45) is 0 Å². The van der Waals surface area contributed by atoms with E-state index in [0.717, 1.165) is 0 Å². The molecule has 0 saturated carbocycles. The third kappa shape index (κ3) is 3.07. The van der Waals surface area contributed by atoms with E-state index in [9.17, 15) is 9.50 Å².